The number of hydrogen-bond donors (Lipinski definition) is 1. The monoisotopic (exact) mass is 402 g/mol. The van der Waals surface area contributed by atoms with Crippen molar-refractivity contribution in [3.63, 3.8) is 0 Å². The topological polar surface area (TPSA) is 47.9 Å². The van der Waals surface area contributed by atoms with Crippen molar-refractivity contribution in [2.24, 2.45) is 0 Å². The van der Waals surface area contributed by atoms with Crippen molar-refractivity contribution >= 4 is 16.4 Å². The lowest BCUT2D eigenvalue weighted by Crippen LogP contribution is -2.47. The number of aliphatic hydroxyl groups excluding tert-OH is 1. The third kappa shape index (κ3) is 10.9. The second-order valence-electron chi connectivity index (χ2n) is 9.92. The second-order valence-corrected chi connectivity index (χ2v) is 20.3. The Hall–Kier alpha value is -0.166. The van der Waals surface area contributed by atoms with Gasteiger partial charge in [0.05, 0.1) is 18.3 Å². The van der Waals surface area contributed by atoms with E-state index in [1.165, 1.54) is 0 Å². The molecule has 1 N–H and O–H groups in total. The highest BCUT2D eigenvalue weighted by Gasteiger charge is 2.40. The van der Waals surface area contributed by atoms with Gasteiger partial charge in [-0.15, -0.1) is 12.3 Å². The van der Waals surface area contributed by atoms with E-state index in [-0.39, 0.29) is 24.0 Å². The molecule has 0 spiro atoms. The van der Waals surface area contributed by atoms with Gasteiger partial charge in [-0.05, 0) is 31.1 Å². The second kappa shape index (κ2) is 11.0. The van der Waals surface area contributed by atoms with Gasteiger partial charge in [0.2, 0.25) is 0 Å². The normalized spacial score (nSPS) is 16.8. The summed E-state index contributed by atoms with van der Waals surface area (Å²) in [4.78, 5) is 0. The van der Waals surface area contributed by atoms with E-state index in [2.05, 4.69) is 59.4 Å². The van der Waals surface area contributed by atoms with Crippen LogP contribution >= 0.6 is 0 Å². The Morgan fingerprint density at radius 1 is 1.12 bits per heavy atom. The molecule has 0 fully saturated rings. The van der Waals surface area contributed by atoms with Crippen molar-refractivity contribution in [2.75, 3.05) is 13.4 Å². The van der Waals surface area contributed by atoms with E-state index in [1.54, 1.807) is 0 Å². The van der Waals surface area contributed by atoms with Gasteiger partial charge in [-0.2, -0.15) is 0 Å². The van der Waals surface area contributed by atoms with Crippen molar-refractivity contribution in [3.05, 3.63) is 0 Å². The fraction of sp³-hybridized carbons (Fsp3) is 0.900. The van der Waals surface area contributed by atoms with Crippen LogP contribution in [0, 0.1) is 12.3 Å². The van der Waals surface area contributed by atoms with Gasteiger partial charge in [0.15, 0.2) is 8.32 Å². The van der Waals surface area contributed by atoms with Gasteiger partial charge < -0.3 is 19.0 Å². The first kappa shape index (κ1) is 25.8. The molecule has 3 atom stereocenters. The highest BCUT2D eigenvalue weighted by Crippen LogP contribution is 2.38. The molecule has 154 valence electrons. The van der Waals surface area contributed by atoms with Crippen LogP contribution < -0.4 is 0 Å². The Morgan fingerprint density at radius 3 is 2.15 bits per heavy atom. The Bertz CT molecular complexity index is 433. The van der Waals surface area contributed by atoms with E-state index in [9.17, 15) is 5.11 Å². The first-order valence-corrected chi connectivity index (χ1v) is 16.3. The molecule has 0 heterocycles. The average Bonchev–Trinajstić information content (AvgIpc) is 2.42. The van der Waals surface area contributed by atoms with Crippen LogP contribution in [0.1, 0.15) is 40.5 Å². The van der Waals surface area contributed by atoms with E-state index in [0.717, 1.165) is 6.04 Å². The Labute approximate surface area is 164 Å². The molecule has 0 bridgehead atoms. The molecule has 0 aliphatic heterocycles. The summed E-state index contributed by atoms with van der Waals surface area (Å²) in [7, 11) is -3.02. The average molecular weight is 403 g/mol. The lowest BCUT2D eigenvalue weighted by Gasteiger charge is -2.40. The molecule has 0 rings (SSSR count). The summed E-state index contributed by atoms with van der Waals surface area (Å²) >= 11 is 0. The minimum atomic E-state index is -1.92. The van der Waals surface area contributed by atoms with Crippen LogP contribution in [0.25, 0.3) is 0 Å². The summed E-state index contributed by atoms with van der Waals surface area (Å²) < 4.78 is 18.1. The minimum absolute atomic E-state index is 0.121. The lowest BCUT2D eigenvalue weighted by molar-refractivity contribution is -0.126. The molecule has 0 aliphatic carbocycles. The molecular weight excluding hydrogens is 360 g/mol. The predicted octanol–water partition coefficient (Wildman–Crippen LogP) is 4.87. The highest BCUT2D eigenvalue weighted by molar-refractivity contribution is 6.76. The molecule has 0 saturated heterocycles. The number of hydrogen-bond acceptors (Lipinski definition) is 4. The summed E-state index contributed by atoms with van der Waals surface area (Å²) in [6, 6.07) is 1.11. The van der Waals surface area contributed by atoms with E-state index >= 15 is 0 Å². The van der Waals surface area contributed by atoms with Gasteiger partial charge in [0.25, 0.3) is 0 Å². The summed E-state index contributed by atoms with van der Waals surface area (Å²) in [6.45, 7) is 21.0. The van der Waals surface area contributed by atoms with E-state index in [0.29, 0.717) is 19.4 Å². The van der Waals surface area contributed by atoms with Crippen LogP contribution in [0.4, 0.5) is 0 Å². The van der Waals surface area contributed by atoms with Crippen molar-refractivity contribution in [1.82, 2.24) is 0 Å². The zero-order valence-electron chi connectivity index (χ0n) is 18.5. The summed E-state index contributed by atoms with van der Waals surface area (Å²) in [6.07, 6.45) is 5.16. The number of rotatable bonds is 12. The van der Waals surface area contributed by atoms with Crippen molar-refractivity contribution in [3.8, 4) is 12.3 Å². The Kier molecular flexibility index (Phi) is 10.9. The number of terminal acetylenes is 1. The molecular formula is C20H42O4Si2. The highest BCUT2D eigenvalue weighted by atomic mass is 28.4. The van der Waals surface area contributed by atoms with E-state index < -0.39 is 22.5 Å². The predicted molar refractivity (Wildman–Crippen MR) is 116 cm³/mol. The van der Waals surface area contributed by atoms with Crippen LogP contribution in [0.3, 0.4) is 0 Å². The lowest BCUT2D eigenvalue weighted by atomic mass is 10.1. The van der Waals surface area contributed by atoms with Crippen LogP contribution in [0.2, 0.25) is 43.8 Å². The van der Waals surface area contributed by atoms with Gasteiger partial charge in [-0.25, -0.2) is 0 Å². The van der Waals surface area contributed by atoms with Gasteiger partial charge in [-0.3, -0.25) is 0 Å². The van der Waals surface area contributed by atoms with Gasteiger partial charge in [0.1, 0.15) is 6.79 Å². The Morgan fingerprint density at radius 2 is 1.69 bits per heavy atom. The molecule has 0 aliphatic rings. The van der Waals surface area contributed by atoms with Crippen LogP contribution in [-0.4, -0.2) is 53.2 Å². The first-order chi connectivity index (χ1) is 11.7. The Balaban J connectivity index is 4.76. The van der Waals surface area contributed by atoms with Crippen molar-refractivity contribution in [2.45, 2.75) is 103 Å². The summed E-state index contributed by atoms with van der Waals surface area (Å²) in [5, 5.41) is 10.3. The molecule has 0 amide bonds. The standard InChI is InChI=1S/C20H42O4Si2/c1-11-12-18(21)15-19(23-16-22-13-14-25(6,7)8)17(2)24-26(9,10)20(3,4)5/h1,17-19,21H,12-16H2,2-10H3/t17-,18-,19-/m1/s1. The quantitative estimate of drug-likeness (QED) is 0.219. The SMILES string of the molecule is C#CC[C@@H](O)C[C@@H](OCOCC[Si](C)(C)C)[C@@H](C)O[Si](C)(C)C(C)(C)C. The fourth-order valence-corrected chi connectivity index (χ4v) is 4.36. The third-order valence-electron chi connectivity index (χ3n) is 5.03. The molecule has 6 heteroatoms. The van der Waals surface area contributed by atoms with E-state index in [4.69, 9.17) is 20.3 Å². The van der Waals surface area contributed by atoms with Gasteiger partial charge >= 0.3 is 0 Å². The largest absolute Gasteiger partial charge is 0.412 e. The molecule has 0 aromatic heterocycles. The molecule has 0 aromatic rings. The van der Waals surface area contributed by atoms with Crippen LogP contribution in [0.5, 0.6) is 0 Å². The molecule has 0 radical (unpaired) electrons. The molecule has 26 heavy (non-hydrogen) atoms. The van der Waals surface area contributed by atoms with Crippen molar-refractivity contribution in [1.29, 1.82) is 0 Å². The van der Waals surface area contributed by atoms with Crippen molar-refractivity contribution < 1.29 is 19.0 Å². The minimum Gasteiger partial charge on any atom is -0.412 e. The fourth-order valence-electron chi connectivity index (χ4n) is 2.17. The zero-order valence-corrected chi connectivity index (χ0v) is 20.5. The molecule has 0 unspecified atom stereocenters. The third-order valence-corrected chi connectivity index (χ3v) is 11.3. The van der Waals surface area contributed by atoms with Gasteiger partial charge in [0, 0.05) is 27.5 Å². The smallest absolute Gasteiger partial charge is 0.192 e. The first-order valence-electron chi connectivity index (χ1n) is 9.68. The maximum absolute atomic E-state index is 10.1. The zero-order chi connectivity index (χ0) is 20.6. The van der Waals surface area contributed by atoms with E-state index in [1.807, 2.05) is 6.92 Å². The van der Waals surface area contributed by atoms with Crippen LogP contribution in [-0.2, 0) is 13.9 Å². The molecule has 4 nitrogen and oxygen atoms in total. The van der Waals surface area contributed by atoms with Crippen LogP contribution in [0.15, 0.2) is 0 Å². The number of aliphatic hydroxyl groups is 1. The number of ether oxygens (including phenoxy) is 2. The molecule has 0 saturated carbocycles. The molecule has 0 aromatic carbocycles. The van der Waals surface area contributed by atoms with Gasteiger partial charge in [-0.1, -0.05) is 40.4 Å². The summed E-state index contributed by atoms with van der Waals surface area (Å²) in [5.41, 5.74) is 0. The maximum atomic E-state index is 10.1. The summed E-state index contributed by atoms with van der Waals surface area (Å²) in [5.74, 6) is 2.51. The maximum Gasteiger partial charge on any atom is 0.192 e.